The molecular formula is C27H24ClF4N3O5S. The molecule has 1 heterocycles. The number of amides is 2. The third-order valence-electron chi connectivity index (χ3n) is 6.94. The second kappa shape index (κ2) is 11.0. The smallest absolute Gasteiger partial charge is 0.349 e. The number of nitriles is 1. The minimum Gasteiger partial charge on any atom is -0.487 e. The number of ether oxygens (including phenoxy) is 1. The summed E-state index contributed by atoms with van der Waals surface area (Å²) in [5.74, 6) is -10.3. The van der Waals surface area contributed by atoms with Crippen LogP contribution in [-0.4, -0.2) is 61.0 Å². The molecule has 2 aliphatic rings. The molecule has 0 radical (unpaired) electrons. The predicted molar refractivity (Wildman–Crippen MR) is 139 cm³/mol. The lowest BCUT2D eigenvalue weighted by Crippen LogP contribution is -2.52. The molecule has 218 valence electrons. The zero-order valence-electron chi connectivity index (χ0n) is 21.3. The number of benzene rings is 2. The predicted octanol–water partition coefficient (Wildman–Crippen LogP) is 4.25. The first kappa shape index (κ1) is 30.3. The Kier molecular flexibility index (Phi) is 8.12. The van der Waals surface area contributed by atoms with Crippen LogP contribution in [0.1, 0.15) is 24.8 Å². The van der Waals surface area contributed by atoms with Crippen LogP contribution in [0.15, 0.2) is 66.1 Å². The van der Waals surface area contributed by atoms with Crippen molar-refractivity contribution < 1.29 is 40.3 Å². The number of alkyl halides is 4. The molecule has 4 rings (SSSR count). The summed E-state index contributed by atoms with van der Waals surface area (Å²) in [5, 5.41) is 9.88. The summed E-state index contributed by atoms with van der Waals surface area (Å²) in [6, 6.07) is 9.54. The van der Waals surface area contributed by atoms with Crippen molar-refractivity contribution in [2.45, 2.75) is 52.8 Å². The van der Waals surface area contributed by atoms with Gasteiger partial charge in [0, 0.05) is 18.2 Å². The van der Waals surface area contributed by atoms with E-state index in [4.69, 9.17) is 16.3 Å². The molecule has 1 saturated heterocycles. The average molecular weight is 614 g/mol. The van der Waals surface area contributed by atoms with Gasteiger partial charge in [-0.25, -0.2) is 8.42 Å². The molecule has 2 fully saturated rings. The summed E-state index contributed by atoms with van der Waals surface area (Å²) in [6.07, 6.45) is 0.476. The highest BCUT2D eigenvalue weighted by molar-refractivity contribution is 7.92. The number of halogens is 5. The Morgan fingerprint density at radius 3 is 2.41 bits per heavy atom. The van der Waals surface area contributed by atoms with Gasteiger partial charge < -0.3 is 15.0 Å². The fraction of sp³-hybridized carbons (Fsp3) is 0.370. The van der Waals surface area contributed by atoms with Crippen molar-refractivity contribution in [2.24, 2.45) is 0 Å². The van der Waals surface area contributed by atoms with E-state index in [-0.39, 0.29) is 5.75 Å². The van der Waals surface area contributed by atoms with Crippen LogP contribution in [0, 0.1) is 11.3 Å². The Morgan fingerprint density at radius 2 is 1.85 bits per heavy atom. The Hall–Kier alpha value is -3.63. The zero-order valence-corrected chi connectivity index (χ0v) is 22.9. The van der Waals surface area contributed by atoms with Crippen molar-refractivity contribution in [3.05, 3.63) is 71.8 Å². The van der Waals surface area contributed by atoms with Gasteiger partial charge in [-0.1, -0.05) is 48.5 Å². The van der Waals surface area contributed by atoms with Crippen LogP contribution in [0.25, 0.3) is 0 Å². The van der Waals surface area contributed by atoms with Gasteiger partial charge in [0.05, 0.1) is 21.2 Å². The molecular weight excluding hydrogens is 590 g/mol. The van der Waals surface area contributed by atoms with E-state index in [1.807, 2.05) is 6.07 Å². The van der Waals surface area contributed by atoms with E-state index >= 15 is 8.78 Å². The standard InChI is InChI=1S/C27H24ClF4N3O5S/c1-2-26(29,30)16-40-18-8-9-22(20(28)12-18)41(38,39)19-13-21(23(36)34-25(15-33)10-11-25)35(14-19)24(37)27(31,32)17-6-4-3-5-7-17/h2-9,12,19,21H,1,10-11,13-14,16H2,(H,34,36)/t19-,21+/m1/s1. The number of sulfone groups is 1. The molecule has 0 bridgehead atoms. The molecule has 0 unspecified atom stereocenters. The topological polar surface area (TPSA) is 117 Å². The van der Waals surface area contributed by atoms with E-state index in [2.05, 4.69) is 11.9 Å². The lowest BCUT2D eigenvalue weighted by molar-refractivity contribution is -0.161. The number of likely N-dealkylation sites (tertiary alicyclic amines) is 1. The molecule has 41 heavy (non-hydrogen) atoms. The molecule has 2 aromatic rings. The normalized spacial score (nSPS) is 20.1. The summed E-state index contributed by atoms with van der Waals surface area (Å²) in [6.45, 7) is 1.16. The van der Waals surface area contributed by atoms with Gasteiger partial charge in [0.1, 0.15) is 17.3 Å². The minimum absolute atomic E-state index is 0.162. The summed E-state index contributed by atoms with van der Waals surface area (Å²) in [5.41, 5.74) is -1.85. The molecule has 2 amide bonds. The Bertz CT molecular complexity index is 1510. The number of nitrogens with zero attached hydrogens (tertiary/aromatic N) is 2. The number of carbonyl (C=O) groups excluding carboxylic acids is 2. The van der Waals surface area contributed by atoms with Crippen molar-refractivity contribution in [3.8, 4) is 11.8 Å². The average Bonchev–Trinajstić information content (AvgIpc) is 3.56. The Morgan fingerprint density at radius 1 is 1.20 bits per heavy atom. The van der Waals surface area contributed by atoms with Gasteiger partial charge in [0.15, 0.2) is 16.4 Å². The lowest BCUT2D eigenvalue weighted by Gasteiger charge is -2.28. The molecule has 2 aromatic carbocycles. The van der Waals surface area contributed by atoms with Gasteiger partial charge in [-0.3, -0.25) is 9.59 Å². The first-order valence-electron chi connectivity index (χ1n) is 12.3. The van der Waals surface area contributed by atoms with E-state index in [0.717, 1.165) is 30.3 Å². The number of hydrogen-bond acceptors (Lipinski definition) is 6. The lowest BCUT2D eigenvalue weighted by atomic mass is 10.1. The van der Waals surface area contributed by atoms with Crippen LogP contribution in [0.4, 0.5) is 17.6 Å². The van der Waals surface area contributed by atoms with Crippen LogP contribution in [-0.2, 0) is 25.3 Å². The molecule has 8 nitrogen and oxygen atoms in total. The van der Waals surface area contributed by atoms with Gasteiger partial charge in [-0.2, -0.15) is 22.8 Å². The Labute approximate surface area is 238 Å². The maximum absolute atomic E-state index is 15.3. The highest BCUT2D eigenvalue weighted by atomic mass is 35.5. The van der Waals surface area contributed by atoms with Gasteiger partial charge in [0.2, 0.25) is 5.91 Å². The second-order valence-corrected chi connectivity index (χ2v) is 12.4. The minimum atomic E-state index is -4.45. The van der Waals surface area contributed by atoms with Crippen LogP contribution in [0.5, 0.6) is 5.75 Å². The fourth-order valence-electron chi connectivity index (χ4n) is 4.38. The second-order valence-electron chi connectivity index (χ2n) is 9.85. The highest BCUT2D eigenvalue weighted by Crippen LogP contribution is 2.39. The molecule has 2 atom stereocenters. The first-order chi connectivity index (χ1) is 19.2. The van der Waals surface area contributed by atoms with Crippen LogP contribution < -0.4 is 10.1 Å². The van der Waals surface area contributed by atoms with Gasteiger partial charge in [-0.15, -0.1) is 0 Å². The van der Waals surface area contributed by atoms with E-state index in [1.54, 1.807) is 0 Å². The van der Waals surface area contributed by atoms with E-state index < -0.39 is 85.4 Å². The molecule has 1 saturated carbocycles. The maximum atomic E-state index is 15.3. The SMILES string of the molecule is C=CC(F)(F)COc1ccc(S(=O)(=O)[C@@H]2C[C@@H](C(=O)NC3(C#N)CC3)N(C(=O)C(F)(F)c3ccccc3)C2)c(Cl)c1. The highest BCUT2D eigenvalue weighted by Gasteiger charge is 2.54. The third-order valence-corrected chi connectivity index (χ3v) is 9.55. The van der Waals surface area contributed by atoms with Crippen molar-refractivity contribution in [3.63, 3.8) is 0 Å². The number of rotatable bonds is 10. The molecule has 1 N–H and O–H groups in total. The first-order valence-corrected chi connectivity index (χ1v) is 14.2. The van der Waals surface area contributed by atoms with Gasteiger partial charge in [0.25, 0.3) is 11.8 Å². The number of nitrogens with one attached hydrogen (secondary N) is 1. The van der Waals surface area contributed by atoms with Crippen LogP contribution in [0.2, 0.25) is 5.02 Å². The summed E-state index contributed by atoms with van der Waals surface area (Å²) in [4.78, 5) is 26.3. The molecule has 0 aromatic heterocycles. The zero-order chi connectivity index (χ0) is 30.2. The summed E-state index contributed by atoms with van der Waals surface area (Å²) >= 11 is 6.16. The van der Waals surface area contributed by atoms with Gasteiger partial charge in [-0.05, 0) is 37.5 Å². The Balaban J connectivity index is 1.63. The summed E-state index contributed by atoms with van der Waals surface area (Å²) in [7, 11) is -4.45. The van der Waals surface area contributed by atoms with Crippen molar-refractivity contribution >= 4 is 33.3 Å². The van der Waals surface area contributed by atoms with Crippen molar-refractivity contribution in [1.82, 2.24) is 10.2 Å². The van der Waals surface area contributed by atoms with Crippen molar-refractivity contribution in [1.29, 1.82) is 5.26 Å². The number of carbonyl (C=O) groups is 2. The maximum Gasteiger partial charge on any atom is 0.349 e. The fourth-order valence-corrected chi connectivity index (χ4v) is 6.61. The monoisotopic (exact) mass is 613 g/mol. The van der Waals surface area contributed by atoms with Gasteiger partial charge >= 0.3 is 5.92 Å². The summed E-state index contributed by atoms with van der Waals surface area (Å²) < 4.78 is 89.5. The van der Waals surface area contributed by atoms with E-state index in [9.17, 15) is 32.0 Å². The van der Waals surface area contributed by atoms with E-state index in [1.165, 1.54) is 18.2 Å². The third kappa shape index (κ3) is 6.18. The molecule has 1 aliphatic heterocycles. The molecule has 0 spiro atoms. The van der Waals surface area contributed by atoms with E-state index in [0.29, 0.717) is 23.8 Å². The largest absolute Gasteiger partial charge is 0.487 e. The number of hydrogen-bond donors (Lipinski definition) is 1. The van der Waals surface area contributed by atoms with Crippen molar-refractivity contribution in [2.75, 3.05) is 13.2 Å². The van der Waals surface area contributed by atoms with Crippen LogP contribution in [0.3, 0.4) is 0 Å². The molecule has 1 aliphatic carbocycles. The van der Waals surface area contributed by atoms with Crippen LogP contribution >= 0.6 is 11.6 Å². The quantitative estimate of drug-likeness (QED) is 0.316. The molecule has 14 heteroatoms.